The first-order valence-electron chi connectivity index (χ1n) is 4.80. The van der Waals surface area contributed by atoms with E-state index >= 15 is 0 Å². The summed E-state index contributed by atoms with van der Waals surface area (Å²) in [7, 11) is 0. The molecule has 0 amide bonds. The predicted octanol–water partition coefficient (Wildman–Crippen LogP) is 1.13. The minimum Gasteiger partial charge on any atom is -0.390 e. The summed E-state index contributed by atoms with van der Waals surface area (Å²) in [6.07, 6.45) is 7.01. The molecule has 2 aromatic heterocycles. The summed E-state index contributed by atoms with van der Waals surface area (Å²) in [6.45, 7) is 2.77. The Kier molecular flexibility index (Phi) is 2.78. The van der Waals surface area contributed by atoms with E-state index in [2.05, 4.69) is 9.97 Å². The van der Waals surface area contributed by atoms with Crippen LogP contribution in [0.4, 0.5) is 0 Å². The molecule has 0 bridgehead atoms. The molecule has 0 fully saturated rings. The van der Waals surface area contributed by atoms with E-state index in [4.69, 9.17) is 5.11 Å². The molecule has 0 saturated carbocycles. The quantitative estimate of drug-likeness (QED) is 0.813. The van der Waals surface area contributed by atoms with Crippen molar-refractivity contribution >= 4 is 0 Å². The van der Waals surface area contributed by atoms with E-state index in [0.717, 1.165) is 11.3 Å². The van der Waals surface area contributed by atoms with E-state index in [0.29, 0.717) is 6.54 Å². The van der Waals surface area contributed by atoms with Crippen LogP contribution in [-0.2, 0) is 13.2 Å². The molecular weight excluding hydrogens is 190 g/mol. The molecule has 0 atom stereocenters. The summed E-state index contributed by atoms with van der Waals surface area (Å²) in [6, 6.07) is 1.98. The van der Waals surface area contributed by atoms with Crippen LogP contribution in [-0.4, -0.2) is 19.6 Å². The maximum atomic E-state index is 9.08. The average Bonchev–Trinajstić information content (AvgIpc) is 2.69. The molecule has 0 aliphatic carbocycles. The molecule has 0 aromatic carbocycles. The first kappa shape index (κ1) is 9.86. The highest BCUT2D eigenvalue weighted by molar-refractivity contribution is 5.22. The molecule has 2 heterocycles. The van der Waals surface area contributed by atoms with Crippen molar-refractivity contribution in [1.82, 2.24) is 14.5 Å². The molecule has 0 aliphatic rings. The van der Waals surface area contributed by atoms with Gasteiger partial charge in [0.1, 0.15) is 0 Å². The molecule has 2 rings (SSSR count). The van der Waals surface area contributed by atoms with Gasteiger partial charge < -0.3 is 9.67 Å². The Morgan fingerprint density at radius 2 is 2.20 bits per heavy atom. The number of aromatic nitrogens is 3. The molecular formula is C11H13N3O. The molecule has 4 heteroatoms. The smallest absolute Gasteiger partial charge is 0.0952 e. The Labute approximate surface area is 88.2 Å². The standard InChI is InChI=1S/C11H13N3O/c1-9-2-3-12-4-10(9)6-14-8-13-5-11(14)7-15/h2-5,8,15H,6-7H2,1H3. The summed E-state index contributed by atoms with van der Waals surface area (Å²) in [5, 5.41) is 9.08. The molecule has 4 nitrogen and oxygen atoms in total. The number of aliphatic hydroxyl groups is 1. The maximum Gasteiger partial charge on any atom is 0.0952 e. The zero-order chi connectivity index (χ0) is 10.7. The minimum atomic E-state index is 0.0132. The van der Waals surface area contributed by atoms with Crippen molar-refractivity contribution in [3.8, 4) is 0 Å². The number of imidazole rings is 1. The summed E-state index contributed by atoms with van der Waals surface area (Å²) < 4.78 is 1.92. The number of pyridine rings is 1. The SMILES string of the molecule is Cc1ccncc1Cn1cncc1CO. The van der Waals surface area contributed by atoms with Crippen molar-refractivity contribution in [3.63, 3.8) is 0 Å². The van der Waals surface area contributed by atoms with Gasteiger partial charge in [-0.3, -0.25) is 4.98 Å². The van der Waals surface area contributed by atoms with Crippen LogP contribution in [0.25, 0.3) is 0 Å². The third-order valence-electron chi connectivity index (χ3n) is 2.45. The first-order chi connectivity index (χ1) is 7.31. The molecule has 0 aliphatic heterocycles. The van der Waals surface area contributed by atoms with Gasteiger partial charge in [0.05, 0.1) is 31.4 Å². The van der Waals surface area contributed by atoms with Crippen molar-refractivity contribution in [2.75, 3.05) is 0 Å². The zero-order valence-corrected chi connectivity index (χ0v) is 8.59. The Morgan fingerprint density at radius 3 is 2.93 bits per heavy atom. The predicted molar refractivity (Wildman–Crippen MR) is 56.2 cm³/mol. The Balaban J connectivity index is 2.26. The molecule has 2 aromatic rings. The molecule has 1 N–H and O–H groups in total. The lowest BCUT2D eigenvalue weighted by Gasteiger charge is -2.08. The molecule has 78 valence electrons. The largest absolute Gasteiger partial charge is 0.390 e. The monoisotopic (exact) mass is 203 g/mol. The Bertz CT molecular complexity index is 451. The second kappa shape index (κ2) is 4.23. The van der Waals surface area contributed by atoms with Gasteiger partial charge in [-0.15, -0.1) is 0 Å². The third-order valence-corrected chi connectivity index (χ3v) is 2.45. The van der Waals surface area contributed by atoms with Crippen LogP contribution < -0.4 is 0 Å². The lowest BCUT2D eigenvalue weighted by Crippen LogP contribution is -2.04. The molecule has 0 saturated heterocycles. The molecule has 0 radical (unpaired) electrons. The van der Waals surface area contributed by atoms with Crippen LogP contribution in [0.3, 0.4) is 0 Å². The third kappa shape index (κ3) is 2.05. The van der Waals surface area contributed by atoms with Crippen LogP contribution in [0.1, 0.15) is 16.8 Å². The van der Waals surface area contributed by atoms with Gasteiger partial charge in [0.2, 0.25) is 0 Å². The summed E-state index contributed by atoms with van der Waals surface area (Å²) in [5.41, 5.74) is 3.16. The summed E-state index contributed by atoms with van der Waals surface area (Å²) in [5.74, 6) is 0. The van der Waals surface area contributed by atoms with Gasteiger partial charge in [0, 0.05) is 12.4 Å². The highest BCUT2D eigenvalue weighted by atomic mass is 16.3. The van der Waals surface area contributed by atoms with Gasteiger partial charge in [0.25, 0.3) is 0 Å². The van der Waals surface area contributed by atoms with E-state index in [1.54, 1.807) is 18.7 Å². The highest BCUT2D eigenvalue weighted by Gasteiger charge is 2.03. The van der Waals surface area contributed by atoms with Gasteiger partial charge in [-0.25, -0.2) is 4.98 Å². The fourth-order valence-corrected chi connectivity index (χ4v) is 1.47. The van der Waals surface area contributed by atoms with Gasteiger partial charge >= 0.3 is 0 Å². The van der Waals surface area contributed by atoms with Crippen LogP contribution in [0, 0.1) is 6.92 Å². The fraction of sp³-hybridized carbons (Fsp3) is 0.273. The van der Waals surface area contributed by atoms with Crippen LogP contribution in [0.2, 0.25) is 0 Å². The summed E-state index contributed by atoms with van der Waals surface area (Å²) >= 11 is 0. The first-order valence-corrected chi connectivity index (χ1v) is 4.80. The number of aliphatic hydroxyl groups excluding tert-OH is 1. The second-order valence-electron chi connectivity index (χ2n) is 3.47. The Hall–Kier alpha value is -1.68. The minimum absolute atomic E-state index is 0.0132. The van der Waals surface area contributed by atoms with Crippen LogP contribution in [0.15, 0.2) is 31.0 Å². The van der Waals surface area contributed by atoms with Crippen molar-refractivity contribution in [2.24, 2.45) is 0 Å². The second-order valence-corrected chi connectivity index (χ2v) is 3.47. The van der Waals surface area contributed by atoms with Crippen molar-refractivity contribution in [1.29, 1.82) is 0 Å². The molecule has 0 spiro atoms. The Morgan fingerprint density at radius 1 is 1.33 bits per heavy atom. The topological polar surface area (TPSA) is 50.9 Å². The van der Waals surface area contributed by atoms with E-state index in [9.17, 15) is 0 Å². The van der Waals surface area contributed by atoms with Crippen molar-refractivity contribution < 1.29 is 5.11 Å². The number of nitrogens with zero attached hydrogens (tertiary/aromatic N) is 3. The number of rotatable bonds is 3. The lowest BCUT2D eigenvalue weighted by molar-refractivity contribution is 0.271. The van der Waals surface area contributed by atoms with Crippen LogP contribution >= 0.6 is 0 Å². The van der Waals surface area contributed by atoms with E-state index < -0.39 is 0 Å². The molecule has 15 heavy (non-hydrogen) atoms. The van der Waals surface area contributed by atoms with Gasteiger partial charge in [0.15, 0.2) is 0 Å². The van der Waals surface area contributed by atoms with E-state index in [1.807, 2.05) is 23.8 Å². The maximum absolute atomic E-state index is 9.08. The van der Waals surface area contributed by atoms with E-state index in [-0.39, 0.29) is 6.61 Å². The van der Waals surface area contributed by atoms with Crippen molar-refractivity contribution in [2.45, 2.75) is 20.1 Å². The fourth-order valence-electron chi connectivity index (χ4n) is 1.47. The zero-order valence-electron chi connectivity index (χ0n) is 8.59. The van der Waals surface area contributed by atoms with Gasteiger partial charge in [-0.05, 0) is 24.1 Å². The van der Waals surface area contributed by atoms with Crippen molar-refractivity contribution in [3.05, 3.63) is 47.8 Å². The highest BCUT2D eigenvalue weighted by Crippen LogP contribution is 2.09. The normalized spacial score (nSPS) is 10.5. The molecule has 0 unspecified atom stereocenters. The number of hydrogen-bond acceptors (Lipinski definition) is 3. The van der Waals surface area contributed by atoms with Crippen LogP contribution in [0.5, 0.6) is 0 Å². The summed E-state index contributed by atoms with van der Waals surface area (Å²) in [4.78, 5) is 8.09. The van der Waals surface area contributed by atoms with E-state index in [1.165, 1.54) is 5.56 Å². The average molecular weight is 203 g/mol. The number of aryl methyl sites for hydroxylation is 1. The number of hydrogen-bond donors (Lipinski definition) is 1. The van der Waals surface area contributed by atoms with Gasteiger partial charge in [-0.2, -0.15) is 0 Å². The lowest BCUT2D eigenvalue weighted by atomic mass is 10.1. The van der Waals surface area contributed by atoms with Gasteiger partial charge in [-0.1, -0.05) is 0 Å².